The minimum Gasteiger partial charge on any atom is -0.481 e. The van der Waals surface area contributed by atoms with E-state index >= 15 is 0 Å². The summed E-state index contributed by atoms with van der Waals surface area (Å²) in [6.45, 7) is 2.14. The molecule has 0 aliphatic rings. The van der Waals surface area contributed by atoms with Crippen molar-refractivity contribution in [2.45, 2.75) is 39.0 Å². The first-order chi connectivity index (χ1) is 9.17. The third kappa shape index (κ3) is 5.88. The molecule has 3 nitrogen and oxygen atoms in total. The lowest BCUT2D eigenvalue weighted by Gasteiger charge is -2.18. The summed E-state index contributed by atoms with van der Waals surface area (Å²) < 4.78 is 0. The Labute approximate surface area is 115 Å². The monoisotopic (exact) mass is 264 g/mol. The Morgan fingerprint density at radius 2 is 1.89 bits per heavy atom. The third-order valence-corrected chi connectivity index (χ3v) is 3.55. The molecule has 1 aromatic carbocycles. The average Bonchev–Trinajstić information content (AvgIpc) is 2.43. The van der Waals surface area contributed by atoms with Crippen molar-refractivity contribution in [1.82, 2.24) is 0 Å². The van der Waals surface area contributed by atoms with Crippen molar-refractivity contribution in [1.29, 1.82) is 0 Å². The standard InChI is InChI=1S/C16H24O3/c1-2-6-14(12-17)11-15(16(18)19)10-9-13-7-4-3-5-8-13/h3-5,7-8,14-15,17H,2,6,9-12H2,1H3,(H,18,19). The van der Waals surface area contributed by atoms with Crippen LogP contribution in [0.15, 0.2) is 30.3 Å². The summed E-state index contributed by atoms with van der Waals surface area (Å²) in [4.78, 5) is 11.3. The van der Waals surface area contributed by atoms with E-state index in [4.69, 9.17) is 0 Å². The molecule has 3 heteroatoms. The quantitative estimate of drug-likeness (QED) is 0.720. The molecule has 1 rings (SSSR count). The number of aliphatic carboxylic acids is 1. The Morgan fingerprint density at radius 3 is 2.42 bits per heavy atom. The molecule has 0 spiro atoms. The van der Waals surface area contributed by atoms with Crippen LogP contribution < -0.4 is 0 Å². The number of hydrogen-bond donors (Lipinski definition) is 2. The van der Waals surface area contributed by atoms with Crippen molar-refractivity contribution in [3.63, 3.8) is 0 Å². The van der Waals surface area contributed by atoms with Crippen LogP contribution in [0.5, 0.6) is 0 Å². The zero-order valence-corrected chi connectivity index (χ0v) is 11.6. The molecule has 106 valence electrons. The van der Waals surface area contributed by atoms with Gasteiger partial charge >= 0.3 is 5.97 Å². The van der Waals surface area contributed by atoms with Gasteiger partial charge in [-0.15, -0.1) is 0 Å². The molecule has 0 saturated heterocycles. The molecule has 0 aliphatic carbocycles. The largest absolute Gasteiger partial charge is 0.481 e. The van der Waals surface area contributed by atoms with E-state index in [2.05, 4.69) is 6.92 Å². The first-order valence-electron chi connectivity index (χ1n) is 7.05. The predicted molar refractivity (Wildman–Crippen MR) is 76.0 cm³/mol. The van der Waals surface area contributed by atoms with Gasteiger partial charge in [0, 0.05) is 6.61 Å². The molecule has 0 radical (unpaired) electrons. The SMILES string of the molecule is CCCC(CO)CC(CCc1ccccc1)C(=O)O. The molecular weight excluding hydrogens is 240 g/mol. The lowest BCUT2D eigenvalue weighted by Crippen LogP contribution is -2.20. The van der Waals surface area contributed by atoms with E-state index in [-0.39, 0.29) is 18.4 Å². The topological polar surface area (TPSA) is 57.5 Å². The number of aliphatic hydroxyl groups is 1. The Morgan fingerprint density at radius 1 is 1.21 bits per heavy atom. The van der Waals surface area contributed by atoms with Gasteiger partial charge < -0.3 is 10.2 Å². The first-order valence-corrected chi connectivity index (χ1v) is 7.05. The van der Waals surface area contributed by atoms with E-state index in [0.29, 0.717) is 12.8 Å². The second-order valence-electron chi connectivity index (χ2n) is 5.13. The number of carbonyl (C=O) groups is 1. The highest BCUT2D eigenvalue weighted by Gasteiger charge is 2.21. The summed E-state index contributed by atoms with van der Waals surface area (Å²) in [6, 6.07) is 9.95. The van der Waals surface area contributed by atoms with Gasteiger partial charge in [0.2, 0.25) is 0 Å². The maximum Gasteiger partial charge on any atom is 0.306 e. The molecule has 0 saturated carbocycles. The van der Waals surface area contributed by atoms with Crippen LogP contribution in [0.1, 0.15) is 38.2 Å². The summed E-state index contributed by atoms with van der Waals surface area (Å²) in [6.07, 6.45) is 3.87. The zero-order chi connectivity index (χ0) is 14.1. The van der Waals surface area contributed by atoms with Crippen molar-refractivity contribution < 1.29 is 15.0 Å². The minimum absolute atomic E-state index is 0.0863. The van der Waals surface area contributed by atoms with E-state index in [1.807, 2.05) is 30.3 Å². The Bertz CT molecular complexity index is 362. The molecule has 0 aliphatic heterocycles. The third-order valence-electron chi connectivity index (χ3n) is 3.55. The van der Waals surface area contributed by atoms with Gasteiger partial charge in [0.1, 0.15) is 0 Å². The molecular formula is C16H24O3. The lowest BCUT2D eigenvalue weighted by molar-refractivity contribution is -0.142. The zero-order valence-electron chi connectivity index (χ0n) is 11.6. The highest BCUT2D eigenvalue weighted by molar-refractivity contribution is 5.69. The first kappa shape index (κ1) is 15.7. The van der Waals surface area contributed by atoms with Crippen LogP contribution in [-0.2, 0) is 11.2 Å². The number of hydrogen-bond acceptors (Lipinski definition) is 2. The van der Waals surface area contributed by atoms with E-state index in [9.17, 15) is 15.0 Å². The van der Waals surface area contributed by atoms with Crippen LogP contribution in [0.4, 0.5) is 0 Å². The van der Waals surface area contributed by atoms with Gasteiger partial charge in [-0.1, -0.05) is 43.7 Å². The summed E-state index contributed by atoms with van der Waals surface area (Å²) >= 11 is 0. The molecule has 0 bridgehead atoms. The van der Waals surface area contributed by atoms with Crippen LogP contribution in [0, 0.1) is 11.8 Å². The Kier molecular flexibility index (Phi) is 7.19. The van der Waals surface area contributed by atoms with E-state index in [1.165, 1.54) is 5.56 Å². The molecule has 1 aromatic rings. The average molecular weight is 264 g/mol. The van der Waals surface area contributed by atoms with Crippen LogP contribution in [0.3, 0.4) is 0 Å². The van der Waals surface area contributed by atoms with Crippen LogP contribution >= 0.6 is 0 Å². The number of carboxylic acid groups (broad SMARTS) is 1. The number of aryl methyl sites for hydroxylation is 1. The van der Waals surface area contributed by atoms with Crippen LogP contribution in [0.25, 0.3) is 0 Å². The smallest absolute Gasteiger partial charge is 0.306 e. The fraction of sp³-hybridized carbons (Fsp3) is 0.562. The summed E-state index contributed by atoms with van der Waals surface area (Å²) in [5, 5.41) is 18.6. The van der Waals surface area contributed by atoms with E-state index < -0.39 is 5.97 Å². The summed E-state index contributed by atoms with van der Waals surface area (Å²) in [5.41, 5.74) is 1.17. The van der Waals surface area contributed by atoms with Gasteiger partial charge in [-0.05, 0) is 37.2 Å². The molecule has 0 amide bonds. The van der Waals surface area contributed by atoms with Crippen molar-refractivity contribution in [3.8, 4) is 0 Å². The van der Waals surface area contributed by atoms with Crippen molar-refractivity contribution in [3.05, 3.63) is 35.9 Å². The fourth-order valence-corrected chi connectivity index (χ4v) is 2.42. The Hall–Kier alpha value is -1.35. The summed E-state index contributed by atoms with van der Waals surface area (Å²) in [7, 11) is 0. The van der Waals surface area contributed by atoms with Crippen molar-refractivity contribution >= 4 is 5.97 Å². The maximum atomic E-state index is 11.3. The maximum absolute atomic E-state index is 11.3. The minimum atomic E-state index is -0.745. The normalized spacial score (nSPS) is 14.0. The van der Waals surface area contributed by atoms with Crippen molar-refractivity contribution in [2.24, 2.45) is 11.8 Å². The summed E-state index contributed by atoms with van der Waals surface area (Å²) in [5.74, 6) is -0.990. The number of carboxylic acids is 1. The molecule has 2 N–H and O–H groups in total. The fourth-order valence-electron chi connectivity index (χ4n) is 2.42. The van der Waals surface area contributed by atoms with Gasteiger partial charge in [-0.25, -0.2) is 0 Å². The van der Waals surface area contributed by atoms with Crippen molar-refractivity contribution in [2.75, 3.05) is 6.61 Å². The van der Waals surface area contributed by atoms with Gasteiger partial charge in [0.15, 0.2) is 0 Å². The number of rotatable bonds is 9. The predicted octanol–water partition coefficient (Wildman–Crippen LogP) is 3.12. The van der Waals surface area contributed by atoms with E-state index in [1.54, 1.807) is 0 Å². The number of aliphatic hydroxyl groups excluding tert-OH is 1. The van der Waals surface area contributed by atoms with E-state index in [0.717, 1.165) is 19.3 Å². The van der Waals surface area contributed by atoms with Gasteiger partial charge in [-0.2, -0.15) is 0 Å². The van der Waals surface area contributed by atoms with Gasteiger partial charge in [-0.3, -0.25) is 4.79 Å². The Balaban J connectivity index is 2.51. The molecule has 2 atom stereocenters. The second-order valence-corrected chi connectivity index (χ2v) is 5.13. The van der Waals surface area contributed by atoms with Gasteiger partial charge in [0.05, 0.1) is 5.92 Å². The second kappa shape index (κ2) is 8.70. The molecule has 19 heavy (non-hydrogen) atoms. The molecule has 0 fully saturated rings. The van der Waals surface area contributed by atoms with Crippen LogP contribution in [0.2, 0.25) is 0 Å². The lowest BCUT2D eigenvalue weighted by atomic mass is 9.88. The van der Waals surface area contributed by atoms with Gasteiger partial charge in [0.25, 0.3) is 0 Å². The highest BCUT2D eigenvalue weighted by atomic mass is 16.4. The molecule has 0 aromatic heterocycles. The molecule has 0 heterocycles. The molecule has 2 unspecified atom stereocenters. The van der Waals surface area contributed by atoms with Crippen LogP contribution in [-0.4, -0.2) is 22.8 Å². The highest BCUT2D eigenvalue weighted by Crippen LogP contribution is 2.21. The number of benzene rings is 1.